The van der Waals surface area contributed by atoms with Gasteiger partial charge in [-0.15, -0.1) is 0 Å². The average Bonchev–Trinajstić information content (AvgIpc) is 2.49. The highest BCUT2D eigenvalue weighted by molar-refractivity contribution is 5.81. The second-order valence-corrected chi connectivity index (χ2v) is 5.22. The van der Waals surface area contributed by atoms with E-state index in [-0.39, 0.29) is 0 Å². The molecule has 0 atom stereocenters. The van der Waals surface area contributed by atoms with Crippen molar-refractivity contribution in [2.45, 2.75) is 39.3 Å². The van der Waals surface area contributed by atoms with Crippen molar-refractivity contribution in [3.05, 3.63) is 42.1 Å². The van der Waals surface area contributed by atoms with Gasteiger partial charge in [-0.2, -0.15) is 0 Å². The van der Waals surface area contributed by atoms with Crippen molar-refractivity contribution in [3.63, 3.8) is 0 Å². The Morgan fingerprint density at radius 2 is 1.90 bits per heavy atom. The van der Waals surface area contributed by atoms with Crippen molar-refractivity contribution in [1.82, 2.24) is 9.88 Å². The first-order valence-corrected chi connectivity index (χ1v) is 7.56. The molecule has 2 N–H and O–H groups in total. The van der Waals surface area contributed by atoms with E-state index in [1.54, 1.807) is 0 Å². The molecule has 0 bridgehead atoms. The molecule has 20 heavy (non-hydrogen) atoms. The highest BCUT2D eigenvalue weighted by Crippen LogP contribution is 2.20. The number of pyridine rings is 1. The monoisotopic (exact) mass is 271 g/mol. The average molecular weight is 271 g/mol. The molecular weight excluding hydrogens is 246 g/mol. The molecule has 1 aromatic carbocycles. The molecule has 0 saturated heterocycles. The molecule has 0 amide bonds. The molecular formula is C17H25N3. The smallest absolute Gasteiger partial charge is 0.0746 e. The van der Waals surface area contributed by atoms with E-state index < -0.39 is 0 Å². The van der Waals surface area contributed by atoms with E-state index in [9.17, 15) is 0 Å². The van der Waals surface area contributed by atoms with E-state index in [1.165, 1.54) is 10.9 Å². The summed E-state index contributed by atoms with van der Waals surface area (Å²) in [6, 6.07) is 11.1. The largest absolute Gasteiger partial charge is 0.329 e. The molecule has 2 rings (SSSR count). The van der Waals surface area contributed by atoms with Gasteiger partial charge in [-0.05, 0) is 24.5 Å². The van der Waals surface area contributed by atoms with Crippen molar-refractivity contribution < 1.29 is 0 Å². The van der Waals surface area contributed by atoms with Crippen LogP contribution < -0.4 is 5.73 Å². The van der Waals surface area contributed by atoms with E-state index in [0.29, 0.717) is 12.6 Å². The van der Waals surface area contributed by atoms with Crippen molar-refractivity contribution in [3.8, 4) is 0 Å². The molecule has 0 aliphatic rings. The van der Waals surface area contributed by atoms with E-state index in [0.717, 1.165) is 31.4 Å². The van der Waals surface area contributed by atoms with Gasteiger partial charge in [0.15, 0.2) is 0 Å². The van der Waals surface area contributed by atoms with Crippen LogP contribution in [0.4, 0.5) is 0 Å². The summed E-state index contributed by atoms with van der Waals surface area (Å²) in [5.41, 5.74) is 8.19. The third-order valence-electron chi connectivity index (χ3n) is 3.96. The van der Waals surface area contributed by atoms with Gasteiger partial charge in [0, 0.05) is 37.3 Å². The number of nitrogens with zero attached hydrogens (tertiary/aromatic N) is 2. The van der Waals surface area contributed by atoms with Gasteiger partial charge in [-0.1, -0.05) is 38.1 Å². The summed E-state index contributed by atoms with van der Waals surface area (Å²) in [6.07, 6.45) is 4.19. The Morgan fingerprint density at radius 1 is 1.15 bits per heavy atom. The lowest BCUT2D eigenvalue weighted by molar-refractivity contribution is 0.183. The van der Waals surface area contributed by atoms with E-state index >= 15 is 0 Å². The van der Waals surface area contributed by atoms with Crippen LogP contribution in [0.1, 0.15) is 32.3 Å². The summed E-state index contributed by atoms with van der Waals surface area (Å²) in [6.45, 7) is 7.07. The molecule has 2 aromatic rings. The van der Waals surface area contributed by atoms with Crippen molar-refractivity contribution >= 4 is 10.9 Å². The standard InChI is InChI=1S/C17H25N3/c1-3-16(4-2)20(12-10-18)13-15-8-5-7-14-9-6-11-19-17(14)15/h5-9,11,16H,3-4,10,12-13,18H2,1-2H3. The number of para-hydroxylation sites is 1. The minimum absolute atomic E-state index is 0.595. The SMILES string of the molecule is CCC(CC)N(CCN)Cc1cccc2cccnc12. The zero-order chi connectivity index (χ0) is 14.4. The lowest BCUT2D eigenvalue weighted by atomic mass is 10.1. The highest BCUT2D eigenvalue weighted by atomic mass is 15.2. The van der Waals surface area contributed by atoms with Gasteiger partial charge >= 0.3 is 0 Å². The van der Waals surface area contributed by atoms with Crippen LogP contribution in [0.25, 0.3) is 10.9 Å². The topological polar surface area (TPSA) is 42.1 Å². The number of benzene rings is 1. The number of hydrogen-bond acceptors (Lipinski definition) is 3. The van der Waals surface area contributed by atoms with E-state index in [4.69, 9.17) is 5.73 Å². The zero-order valence-electron chi connectivity index (χ0n) is 12.5. The molecule has 108 valence electrons. The molecule has 0 aliphatic carbocycles. The second-order valence-electron chi connectivity index (χ2n) is 5.22. The second kappa shape index (κ2) is 7.36. The lowest BCUT2D eigenvalue weighted by Gasteiger charge is -2.30. The first kappa shape index (κ1) is 14.9. The predicted molar refractivity (Wildman–Crippen MR) is 85.6 cm³/mol. The van der Waals surface area contributed by atoms with Crippen LogP contribution in [-0.4, -0.2) is 29.0 Å². The van der Waals surface area contributed by atoms with Gasteiger partial charge in [-0.3, -0.25) is 9.88 Å². The van der Waals surface area contributed by atoms with E-state index in [1.807, 2.05) is 12.3 Å². The molecule has 0 unspecified atom stereocenters. The van der Waals surface area contributed by atoms with Crippen LogP contribution >= 0.6 is 0 Å². The Balaban J connectivity index is 2.28. The first-order chi connectivity index (χ1) is 9.80. The van der Waals surface area contributed by atoms with Gasteiger partial charge in [0.25, 0.3) is 0 Å². The zero-order valence-corrected chi connectivity index (χ0v) is 12.5. The summed E-state index contributed by atoms with van der Waals surface area (Å²) in [4.78, 5) is 7.04. The Morgan fingerprint density at radius 3 is 2.60 bits per heavy atom. The number of hydrogen-bond donors (Lipinski definition) is 1. The van der Waals surface area contributed by atoms with Gasteiger partial charge in [0.2, 0.25) is 0 Å². The number of fused-ring (bicyclic) bond motifs is 1. The van der Waals surface area contributed by atoms with E-state index in [2.05, 4.69) is 48.0 Å². The third kappa shape index (κ3) is 3.35. The highest BCUT2D eigenvalue weighted by Gasteiger charge is 2.15. The summed E-state index contributed by atoms with van der Waals surface area (Å²) in [5, 5.41) is 1.21. The molecule has 1 heterocycles. The Kier molecular flexibility index (Phi) is 5.50. The van der Waals surface area contributed by atoms with Gasteiger partial charge < -0.3 is 5.73 Å². The molecule has 3 heteroatoms. The van der Waals surface area contributed by atoms with Crippen LogP contribution in [-0.2, 0) is 6.54 Å². The van der Waals surface area contributed by atoms with Gasteiger partial charge in [0.1, 0.15) is 0 Å². The van der Waals surface area contributed by atoms with Crippen molar-refractivity contribution in [2.75, 3.05) is 13.1 Å². The Hall–Kier alpha value is -1.45. The predicted octanol–water partition coefficient (Wildman–Crippen LogP) is 3.18. The molecule has 0 fully saturated rings. The number of rotatable bonds is 7. The molecule has 0 radical (unpaired) electrons. The molecule has 0 saturated carbocycles. The molecule has 0 spiro atoms. The van der Waals surface area contributed by atoms with Crippen LogP contribution in [0.5, 0.6) is 0 Å². The minimum Gasteiger partial charge on any atom is -0.329 e. The summed E-state index contributed by atoms with van der Waals surface area (Å²) < 4.78 is 0. The first-order valence-electron chi connectivity index (χ1n) is 7.56. The van der Waals surface area contributed by atoms with Crippen LogP contribution in [0, 0.1) is 0 Å². The fourth-order valence-electron chi connectivity index (χ4n) is 2.88. The Labute approximate surface area is 121 Å². The maximum Gasteiger partial charge on any atom is 0.0746 e. The van der Waals surface area contributed by atoms with Crippen molar-refractivity contribution in [2.24, 2.45) is 5.73 Å². The summed E-state index contributed by atoms with van der Waals surface area (Å²) >= 11 is 0. The third-order valence-corrected chi connectivity index (χ3v) is 3.96. The molecule has 0 aliphatic heterocycles. The number of aromatic nitrogens is 1. The fourth-order valence-corrected chi connectivity index (χ4v) is 2.88. The summed E-state index contributed by atoms with van der Waals surface area (Å²) in [5.74, 6) is 0. The fraction of sp³-hybridized carbons (Fsp3) is 0.471. The van der Waals surface area contributed by atoms with Crippen LogP contribution in [0.2, 0.25) is 0 Å². The minimum atomic E-state index is 0.595. The molecule has 1 aromatic heterocycles. The quantitative estimate of drug-likeness (QED) is 0.841. The normalized spacial score (nSPS) is 11.7. The maximum atomic E-state index is 5.79. The van der Waals surface area contributed by atoms with Crippen LogP contribution in [0.15, 0.2) is 36.5 Å². The van der Waals surface area contributed by atoms with Gasteiger partial charge in [0.05, 0.1) is 5.52 Å². The number of nitrogens with two attached hydrogens (primary N) is 1. The Bertz CT molecular complexity index is 529. The van der Waals surface area contributed by atoms with Crippen molar-refractivity contribution in [1.29, 1.82) is 0 Å². The maximum absolute atomic E-state index is 5.79. The summed E-state index contributed by atoms with van der Waals surface area (Å²) in [7, 11) is 0. The molecule has 3 nitrogen and oxygen atoms in total. The lowest BCUT2D eigenvalue weighted by Crippen LogP contribution is -2.37. The van der Waals surface area contributed by atoms with Gasteiger partial charge in [-0.25, -0.2) is 0 Å². The van der Waals surface area contributed by atoms with Crippen LogP contribution in [0.3, 0.4) is 0 Å².